The van der Waals surface area contributed by atoms with Gasteiger partial charge in [-0.25, -0.2) is 8.42 Å². The molecule has 3 rings (SSSR count). The van der Waals surface area contributed by atoms with Crippen molar-refractivity contribution < 1.29 is 27.3 Å². The van der Waals surface area contributed by atoms with Gasteiger partial charge in [0.15, 0.2) is 10.1 Å². The van der Waals surface area contributed by atoms with E-state index < -0.39 is 22.0 Å². The average Bonchev–Trinajstić information content (AvgIpc) is 3.41. The van der Waals surface area contributed by atoms with Gasteiger partial charge in [0.1, 0.15) is 16.6 Å². The summed E-state index contributed by atoms with van der Waals surface area (Å²) < 4.78 is 37.7. The van der Waals surface area contributed by atoms with Crippen molar-refractivity contribution in [3.8, 4) is 0 Å². The van der Waals surface area contributed by atoms with Crippen LogP contribution in [0.5, 0.6) is 0 Å². The van der Waals surface area contributed by atoms with Crippen molar-refractivity contribution in [3.05, 3.63) is 11.5 Å². The van der Waals surface area contributed by atoms with Crippen molar-refractivity contribution in [3.63, 3.8) is 0 Å². The number of sulfonamides is 1. The second kappa shape index (κ2) is 9.41. The van der Waals surface area contributed by atoms with Crippen LogP contribution in [-0.4, -0.2) is 64.9 Å². The van der Waals surface area contributed by atoms with Crippen molar-refractivity contribution in [2.45, 2.75) is 48.9 Å². The maximum absolute atomic E-state index is 13.1. The molecule has 3 heterocycles. The van der Waals surface area contributed by atoms with Gasteiger partial charge in [0, 0.05) is 6.54 Å². The van der Waals surface area contributed by atoms with Crippen molar-refractivity contribution >= 4 is 50.1 Å². The van der Waals surface area contributed by atoms with Crippen LogP contribution in [0.25, 0.3) is 0 Å². The molecule has 1 atom stereocenters. The van der Waals surface area contributed by atoms with Crippen molar-refractivity contribution in [2.75, 3.05) is 24.2 Å². The van der Waals surface area contributed by atoms with Crippen LogP contribution in [0.2, 0.25) is 0 Å². The lowest BCUT2D eigenvalue weighted by molar-refractivity contribution is -0.139. The number of nitrogens with one attached hydrogen (secondary N) is 1. The van der Waals surface area contributed by atoms with Gasteiger partial charge >= 0.3 is 5.97 Å². The Morgan fingerprint density at radius 3 is 2.80 bits per heavy atom. The quantitative estimate of drug-likeness (QED) is 0.339. The van der Waals surface area contributed by atoms with Crippen LogP contribution in [-0.2, 0) is 24.3 Å². The molecule has 1 aliphatic rings. The SMILES string of the molecule is CCOC(=O)CSc1nnc(NC(=O)[C@@H]2CCCN2S(=O)(=O)c2c(C)noc2C)s1. The molecule has 1 N–H and O–H groups in total. The highest BCUT2D eigenvalue weighted by Crippen LogP contribution is 2.31. The van der Waals surface area contributed by atoms with Gasteiger partial charge in [0.2, 0.25) is 21.1 Å². The second-order valence-corrected chi connectivity index (χ2v) is 10.4. The number of amides is 1. The Labute approximate surface area is 181 Å². The Bertz CT molecular complexity index is 1010. The number of carbonyl (C=O) groups is 2. The first kappa shape index (κ1) is 22.7. The summed E-state index contributed by atoms with van der Waals surface area (Å²) in [5, 5.41) is 14.4. The average molecular weight is 476 g/mol. The smallest absolute Gasteiger partial charge is 0.316 e. The summed E-state index contributed by atoms with van der Waals surface area (Å²) in [7, 11) is -3.93. The van der Waals surface area contributed by atoms with Crippen LogP contribution in [0.4, 0.5) is 5.13 Å². The third kappa shape index (κ3) is 4.82. The van der Waals surface area contributed by atoms with Crippen LogP contribution in [0.15, 0.2) is 13.8 Å². The summed E-state index contributed by atoms with van der Waals surface area (Å²) in [4.78, 5) is 24.2. The maximum atomic E-state index is 13.1. The van der Waals surface area contributed by atoms with Crippen molar-refractivity contribution in [1.82, 2.24) is 19.7 Å². The monoisotopic (exact) mass is 475 g/mol. The molecule has 30 heavy (non-hydrogen) atoms. The van der Waals surface area contributed by atoms with Gasteiger partial charge in [-0.15, -0.1) is 10.2 Å². The van der Waals surface area contributed by atoms with Gasteiger partial charge in [-0.05, 0) is 33.6 Å². The Morgan fingerprint density at radius 2 is 2.13 bits per heavy atom. The van der Waals surface area contributed by atoms with E-state index in [0.717, 1.165) is 23.1 Å². The molecular formula is C16H21N5O6S3. The molecule has 0 spiro atoms. The maximum Gasteiger partial charge on any atom is 0.316 e. The number of aromatic nitrogens is 3. The van der Waals surface area contributed by atoms with Crippen LogP contribution in [0.1, 0.15) is 31.2 Å². The summed E-state index contributed by atoms with van der Waals surface area (Å²) in [6.07, 6.45) is 0.940. The molecule has 14 heteroatoms. The van der Waals surface area contributed by atoms with E-state index in [4.69, 9.17) is 9.26 Å². The van der Waals surface area contributed by atoms with Gasteiger partial charge in [-0.1, -0.05) is 28.3 Å². The summed E-state index contributed by atoms with van der Waals surface area (Å²) in [5.41, 5.74) is 0.256. The first-order valence-corrected chi connectivity index (χ1v) is 12.4. The van der Waals surface area contributed by atoms with E-state index in [1.54, 1.807) is 13.8 Å². The molecule has 1 fully saturated rings. The molecule has 0 radical (unpaired) electrons. The van der Waals surface area contributed by atoms with Crippen LogP contribution in [0, 0.1) is 13.8 Å². The lowest BCUT2D eigenvalue weighted by Gasteiger charge is -2.22. The van der Waals surface area contributed by atoms with Crippen LogP contribution < -0.4 is 5.32 Å². The van der Waals surface area contributed by atoms with Gasteiger partial charge in [-0.3, -0.25) is 14.9 Å². The molecule has 1 saturated heterocycles. The van der Waals surface area contributed by atoms with E-state index in [-0.39, 0.29) is 39.7 Å². The molecule has 0 saturated carbocycles. The molecule has 1 amide bonds. The lowest BCUT2D eigenvalue weighted by Crippen LogP contribution is -2.43. The zero-order chi connectivity index (χ0) is 21.9. The number of ether oxygens (including phenoxy) is 1. The van der Waals surface area contributed by atoms with E-state index in [2.05, 4.69) is 20.7 Å². The highest BCUT2D eigenvalue weighted by atomic mass is 32.2. The Hall–Kier alpha value is -2.03. The van der Waals surface area contributed by atoms with Gasteiger partial charge in [-0.2, -0.15) is 4.31 Å². The standard InChI is InChI=1S/C16H21N5O6S3/c1-4-26-12(22)8-28-16-19-18-15(29-16)17-14(23)11-6-5-7-21(11)30(24,25)13-9(2)20-27-10(13)3/h11H,4-8H2,1-3H3,(H,17,18,23)/t11-/m0/s1. The van der Waals surface area contributed by atoms with Crippen LogP contribution >= 0.6 is 23.1 Å². The van der Waals surface area contributed by atoms with E-state index in [1.807, 2.05) is 0 Å². The van der Waals surface area contributed by atoms with E-state index in [0.29, 0.717) is 23.8 Å². The topological polar surface area (TPSA) is 145 Å². The third-order valence-electron chi connectivity index (χ3n) is 4.30. The first-order valence-electron chi connectivity index (χ1n) is 9.11. The molecule has 2 aromatic rings. The molecule has 2 aromatic heterocycles. The van der Waals surface area contributed by atoms with Gasteiger partial charge in [0.05, 0.1) is 12.4 Å². The minimum absolute atomic E-state index is 0.00392. The number of anilines is 1. The fourth-order valence-corrected chi connectivity index (χ4v) is 6.58. The highest BCUT2D eigenvalue weighted by molar-refractivity contribution is 8.01. The fourth-order valence-electron chi connectivity index (χ4n) is 3.08. The minimum atomic E-state index is -3.93. The Morgan fingerprint density at radius 1 is 1.37 bits per heavy atom. The molecule has 0 bridgehead atoms. The zero-order valence-electron chi connectivity index (χ0n) is 16.6. The first-order chi connectivity index (χ1) is 14.2. The van der Waals surface area contributed by atoms with E-state index >= 15 is 0 Å². The number of aryl methyl sites for hydroxylation is 2. The lowest BCUT2D eigenvalue weighted by atomic mass is 10.2. The third-order valence-corrected chi connectivity index (χ3v) is 8.40. The number of esters is 1. The Balaban J connectivity index is 1.68. The summed E-state index contributed by atoms with van der Waals surface area (Å²) >= 11 is 2.25. The largest absolute Gasteiger partial charge is 0.465 e. The van der Waals surface area contributed by atoms with Crippen molar-refractivity contribution in [1.29, 1.82) is 0 Å². The number of hydrogen-bond donors (Lipinski definition) is 1. The molecule has 0 aliphatic carbocycles. The number of hydrogen-bond acceptors (Lipinski definition) is 11. The molecule has 0 aromatic carbocycles. The van der Waals surface area contributed by atoms with Crippen LogP contribution in [0.3, 0.4) is 0 Å². The zero-order valence-corrected chi connectivity index (χ0v) is 19.0. The fraction of sp³-hybridized carbons (Fsp3) is 0.562. The van der Waals surface area contributed by atoms with Gasteiger partial charge in [0.25, 0.3) is 0 Å². The van der Waals surface area contributed by atoms with Crippen molar-refractivity contribution in [2.24, 2.45) is 0 Å². The number of nitrogens with zero attached hydrogens (tertiary/aromatic N) is 4. The second-order valence-electron chi connectivity index (χ2n) is 6.38. The molecule has 1 aliphatic heterocycles. The van der Waals surface area contributed by atoms with E-state index in [1.165, 1.54) is 11.2 Å². The molecular weight excluding hydrogens is 454 g/mol. The number of rotatable bonds is 8. The molecule has 11 nitrogen and oxygen atoms in total. The highest BCUT2D eigenvalue weighted by Gasteiger charge is 2.42. The molecule has 0 unspecified atom stereocenters. The summed E-state index contributed by atoms with van der Waals surface area (Å²) in [6.45, 7) is 5.31. The summed E-state index contributed by atoms with van der Waals surface area (Å²) in [6, 6.07) is -0.872. The summed E-state index contributed by atoms with van der Waals surface area (Å²) in [5.74, 6) is -0.580. The Kier molecular flexibility index (Phi) is 7.10. The minimum Gasteiger partial charge on any atom is -0.465 e. The predicted octanol–water partition coefficient (Wildman–Crippen LogP) is 1.59. The number of thioether (sulfide) groups is 1. The van der Waals surface area contributed by atoms with E-state index in [9.17, 15) is 18.0 Å². The molecule has 164 valence electrons. The van der Waals surface area contributed by atoms with Gasteiger partial charge < -0.3 is 9.26 Å². The predicted molar refractivity (Wildman–Crippen MR) is 109 cm³/mol. The number of carbonyl (C=O) groups excluding carboxylic acids is 2. The normalized spacial score (nSPS) is 17.2.